The SMILES string of the molecule is COCCOCCOc1cncc(COC2CCOCC2)c1. The molecular formula is C16H25NO5. The maximum Gasteiger partial charge on any atom is 0.138 e. The molecule has 2 rings (SSSR count). The Kier molecular flexibility index (Phi) is 8.19. The first-order valence-electron chi connectivity index (χ1n) is 7.71. The first-order valence-corrected chi connectivity index (χ1v) is 7.71. The number of aromatic nitrogens is 1. The Balaban J connectivity index is 1.65. The topological polar surface area (TPSA) is 59.0 Å². The zero-order valence-electron chi connectivity index (χ0n) is 13.2. The number of nitrogens with zero attached hydrogens (tertiary/aromatic N) is 1. The van der Waals surface area contributed by atoms with Crippen LogP contribution in [0.25, 0.3) is 0 Å². The molecule has 6 nitrogen and oxygen atoms in total. The molecule has 0 unspecified atom stereocenters. The molecular weight excluding hydrogens is 286 g/mol. The molecule has 1 saturated heterocycles. The summed E-state index contributed by atoms with van der Waals surface area (Å²) in [5, 5.41) is 0. The third-order valence-corrected chi connectivity index (χ3v) is 3.35. The van der Waals surface area contributed by atoms with Crippen molar-refractivity contribution in [1.82, 2.24) is 4.98 Å². The van der Waals surface area contributed by atoms with Crippen LogP contribution in [0.1, 0.15) is 18.4 Å². The summed E-state index contributed by atoms with van der Waals surface area (Å²) in [6.07, 6.45) is 5.71. The Labute approximate surface area is 131 Å². The van der Waals surface area contributed by atoms with Crippen molar-refractivity contribution in [3.63, 3.8) is 0 Å². The number of pyridine rings is 1. The maximum absolute atomic E-state index is 5.88. The standard InChI is InChI=1S/C16H25NO5/c1-18-6-7-20-8-9-21-16-10-14(11-17-12-16)13-22-15-2-4-19-5-3-15/h10-12,15H,2-9,13H2,1H3. The van der Waals surface area contributed by atoms with Crippen LogP contribution in [0.15, 0.2) is 18.5 Å². The summed E-state index contributed by atoms with van der Waals surface area (Å²) in [6, 6.07) is 1.96. The Bertz CT molecular complexity index is 409. The largest absolute Gasteiger partial charge is 0.490 e. The van der Waals surface area contributed by atoms with E-state index in [2.05, 4.69) is 4.98 Å². The molecule has 0 amide bonds. The van der Waals surface area contributed by atoms with Crippen LogP contribution in [0.2, 0.25) is 0 Å². The monoisotopic (exact) mass is 311 g/mol. The van der Waals surface area contributed by atoms with Gasteiger partial charge < -0.3 is 23.7 Å². The number of hydrogen-bond acceptors (Lipinski definition) is 6. The van der Waals surface area contributed by atoms with Gasteiger partial charge in [-0.3, -0.25) is 4.98 Å². The highest BCUT2D eigenvalue weighted by atomic mass is 16.5. The summed E-state index contributed by atoms with van der Waals surface area (Å²) in [6.45, 7) is 4.34. The Hall–Kier alpha value is -1.21. The second kappa shape index (κ2) is 10.5. The zero-order chi connectivity index (χ0) is 15.5. The van der Waals surface area contributed by atoms with Crippen molar-refractivity contribution in [2.24, 2.45) is 0 Å². The summed E-state index contributed by atoms with van der Waals surface area (Å²) >= 11 is 0. The molecule has 0 aromatic carbocycles. The van der Waals surface area contributed by atoms with Gasteiger partial charge in [0.05, 0.1) is 38.7 Å². The minimum atomic E-state index is 0.285. The van der Waals surface area contributed by atoms with Gasteiger partial charge in [-0.1, -0.05) is 0 Å². The fourth-order valence-corrected chi connectivity index (χ4v) is 2.14. The van der Waals surface area contributed by atoms with Crippen LogP contribution < -0.4 is 4.74 Å². The van der Waals surface area contributed by atoms with E-state index in [1.807, 2.05) is 6.07 Å². The van der Waals surface area contributed by atoms with Gasteiger partial charge in [-0.2, -0.15) is 0 Å². The van der Waals surface area contributed by atoms with Crippen molar-refractivity contribution in [1.29, 1.82) is 0 Å². The highest BCUT2D eigenvalue weighted by molar-refractivity contribution is 5.23. The van der Waals surface area contributed by atoms with Crippen LogP contribution in [-0.4, -0.2) is 57.8 Å². The molecule has 0 saturated carbocycles. The van der Waals surface area contributed by atoms with Crippen LogP contribution in [0.4, 0.5) is 0 Å². The Morgan fingerprint density at radius 2 is 1.95 bits per heavy atom. The summed E-state index contributed by atoms with van der Waals surface area (Å²) < 4.78 is 27.1. The molecule has 1 aliphatic rings. The van der Waals surface area contributed by atoms with Crippen LogP contribution in [0, 0.1) is 0 Å². The van der Waals surface area contributed by atoms with Gasteiger partial charge in [-0.05, 0) is 24.5 Å². The average Bonchev–Trinajstić information content (AvgIpc) is 2.57. The van der Waals surface area contributed by atoms with Crippen molar-refractivity contribution < 1.29 is 23.7 Å². The summed E-state index contributed by atoms with van der Waals surface area (Å²) in [4.78, 5) is 4.19. The Morgan fingerprint density at radius 1 is 1.14 bits per heavy atom. The Morgan fingerprint density at radius 3 is 2.77 bits per heavy atom. The predicted octanol–water partition coefficient (Wildman–Crippen LogP) is 1.82. The highest BCUT2D eigenvalue weighted by Gasteiger charge is 2.14. The number of methoxy groups -OCH3 is 1. The summed E-state index contributed by atoms with van der Waals surface area (Å²) in [7, 11) is 1.65. The number of ether oxygens (including phenoxy) is 5. The second-order valence-electron chi connectivity index (χ2n) is 5.11. The van der Waals surface area contributed by atoms with Gasteiger partial charge >= 0.3 is 0 Å². The highest BCUT2D eigenvalue weighted by Crippen LogP contribution is 2.16. The molecule has 0 atom stereocenters. The van der Waals surface area contributed by atoms with Gasteiger partial charge in [0.25, 0.3) is 0 Å². The van der Waals surface area contributed by atoms with Crippen LogP contribution >= 0.6 is 0 Å². The van der Waals surface area contributed by atoms with Gasteiger partial charge in [-0.25, -0.2) is 0 Å². The van der Waals surface area contributed by atoms with Crippen LogP contribution in [0.5, 0.6) is 5.75 Å². The van der Waals surface area contributed by atoms with E-state index in [4.69, 9.17) is 23.7 Å². The normalized spacial score (nSPS) is 15.9. The predicted molar refractivity (Wildman–Crippen MR) is 81.1 cm³/mol. The molecule has 124 valence electrons. The van der Waals surface area contributed by atoms with Crippen molar-refractivity contribution >= 4 is 0 Å². The average molecular weight is 311 g/mol. The van der Waals surface area contributed by atoms with Crippen LogP contribution in [0.3, 0.4) is 0 Å². The van der Waals surface area contributed by atoms with Crippen molar-refractivity contribution in [2.45, 2.75) is 25.6 Å². The minimum absolute atomic E-state index is 0.285. The third-order valence-electron chi connectivity index (χ3n) is 3.35. The van der Waals surface area contributed by atoms with Crippen molar-refractivity contribution in [2.75, 3.05) is 46.8 Å². The van der Waals surface area contributed by atoms with Gasteiger partial charge in [0.2, 0.25) is 0 Å². The van der Waals surface area contributed by atoms with E-state index in [-0.39, 0.29) is 6.10 Å². The molecule has 22 heavy (non-hydrogen) atoms. The van der Waals surface area contributed by atoms with Gasteiger partial charge in [-0.15, -0.1) is 0 Å². The van der Waals surface area contributed by atoms with Crippen molar-refractivity contribution in [3.05, 3.63) is 24.0 Å². The molecule has 1 fully saturated rings. The summed E-state index contributed by atoms with van der Waals surface area (Å²) in [5.41, 5.74) is 1.02. The lowest BCUT2D eigenvalue weighted by Gasteiger charge is -2.22. The lowest BCUT2D eigenvalue weighted by molar-refractivity contribution is -0.0391. The lowest BCUT2D eigenvalue weighted by atomic mass is 10.1. The molecule has 0 spiro atoms. The van der Waals surface area contributed by atoms with E-state index >= 15 is 0 Å². The molecule has 0 N–H and O–H groups in total. The molecule has 1 aromatic rings. The summed E-state index contributed by atoms with van der Waals surface area (Å²) in [5.74, 6) is 0.739. The molecule has 0 aliphatic carbocycles. The number of hydrogen-bond donors (Lipinski definition) is 0. The third kappa shape index (κ3) is 6.70. The first-order chi connectivity index (χ1) is 10.9. The van der Waals surface area contributed by atoms with Gasteiger partial charge in [0, 0.05) is 26.5 Å². The molecule has 0 radical (unpaired) electrons. The molecule has 2 heterocycles. The van der Waals surface area contributed by atoms with E-state index in [0.717, 1.165) is 37.4 Å². The number of rotatable bonds is 10. The van der Waals surface area contributed by atoms with Gasteiger partial charge in [0.15, 0.2) is 0 Å². The maximum atomic E-state index is 5.88. The molecule has 6 heteroatoms. The van der Waals surface area contributed by atoms with Gasteiger partial charge in [0.1, 0.15) is 12.4 Å². The fourth-order valence-electron chi connectivity index (χ4n) is 2.14. The molecule has 0 bridgehead atoms. The molecule has 1 aromatic heterocycles. The van der Waals surface area contributed by atoms with E-state index in [1.54, 1.807) is 19.5 Å². The molecule has 1 aliphatic heterocycles. The first kappa shape index (κ1) is 17.1. The van der Waals surface area contributed by atoms with E-state index in [0.29, 0.717) is 33.0 Å². The minimum Gasteiger partial charge on any atom is -0.490 e. The van der Waals surface area contributed by atoms with Crippen molar-refractivity contribution in [3.8, 4) is 5.75 Å². The second-order valence-corrected chi connectivity index (χ2v) is 5.11. The van der Waals surface area contributed by atoms with E-state index < -0.39 is 0 Å². The quantitative estimate of drug-likeness (QED) is 0.614. The van der Waals surface area contributed by atoms with Crippen LogP contribution in [-0.2, 0) is 25.6 Å². The fraction of sp³-hybridized carbons (Fsp3) is 0.688. The lowest BCUT2D eigenvalue weighted by Crippen LogP contribution is -2.23. The van der Waals surface area contributed by atoms with E-state index in [9.17, 15) is 0 Å². The zero-order valence-corrected chi connectivity index (χ0v) is 13.2. The smallest absolute Gasteiger partial charge is 0.138 e. The van der Waals surface area contributed by atoms with E-state index in [1.165, 1.54) is 0 Å².